The van der Waals surface area contributed by atoms with Gasteiger partial charge in [-0.2, -0.15) is 0 Å². The predicted octanol–water partition coefficient (Wildman–Crippen LogP) is 3.73. The zero-order valence-electron chi connectivity index (χ0n) is 22.2. The summed E-state index contributed by atoms with van der Waals surface area (Å²) in [6, 6.07) is 0.699. The number of alkyl halides is 1. The zero-order chi connectivity index (χ0) is 29.2. The number of hydrogen-bond donors (Lipinski definition) is 2. The number of amides is 3. The number of allylic oxidation sites excluding steroid dienone is 3. The average molecular weight is 559 g/mol. The van der Waals surface area contributed by atoms with Gasteiger partial charge in [-0.15, -0.1) is 0 Å². The molecular formula is C29H33F3N4O4. The van der Waals surface area contributed by atoms with E-state index in [0.717, 1.165) is 18.2 Å². The standard InChI is InChI=1S/C29H33F3N4O4/c1-3-40-29(39)36-12-6-9-25(36)28(38)35-24(16-19-14-21(31)17-22(32)15-19)26-23(8-5-11-34-26)20(7-4-10-30)13-18(2)27(33)37/h4-5,7-8,11,13-15,17,23-26H,2-3,6,9-10,12,16H2,1H3,(H2,33,37)(H,35,38). The van der Waals surface area contributed by atoms with Gasteiger partial charge in [0, 0.05) is 30.3 Å². The third kappa shape index (κ3) is 7.93. The Bertz CT molecular complexity index is 1220. The fraction of sp³-hybridized carbons (Fsp3) is 0.379. The van der Waals surface area contributed by atoms with Crippen LogP contribution in [0.5, 0.6) is 0 Å². The van der Waals surface area contributed by atoms with Gasteiger partial charge in [0.2, 0.25) is 11.8 Å². The van der Waals surface area contributed by atoms with Crippen LogP contribution >= 0.6 is 0 Å². The summed E-state index contributed by atoms with van der Waals surface area (Å²) in [6.07, 6.45) is 9.45. The highest BCUT2D eigenvalue weighted by Gasteiger charge is 2.38. The van der Waals surface area contributed by atoms with Crippen LogP contribution in [0.4, 0.5) is 18.0 Å². The first-order chi connectivity index (χ1) is 19.1. The molecule has 1 fully saturated rings. The Kier molecular flexibility index (Phi) is 10.9. The smallest absolute Gasteiger partial charge is 0.410 e. The number of dihydropyridines is 1. The number of rotatable bonds is 11. The third-order valence-corrected chi connectivity index (χ3v) is 6.65. The van der Waals surface area contributed by atoms with Gasteiger partial charge in [-0.05, 0) is 61.6 Å². The lowest BCUT2D eigenvalue weighted by Crippen LogP contribution is -2.53. The van der Waals surface area contributed by atoms with Crippen LogP contribution in [0.25, 0.3) is 0 Å². The molecular weight excluding hydrogens is 525 g/mol. The van der Waals surface area contributed by atoms with Gasteiger partial charge in [0.15, 0.2) is 0 Å². The molecule has 0 aliphatic carbocycles. The molecule has 1 saturated heterocycles. The Morgan fingerprint density at radius 2 is 2.00 bits per heavy atom. The number of hydrogen-bond acceptors (Lipinski definition) is 5. The van der Waals surface area contributed by atoms with E-state index in [4.69, 9.17) is 10.5 Å². The number of ether oxygens (including phenoxy) is 1. The maximum atomic E-state index is 14.1. The summed E-state index contributed by atoms with van der Waals surface area (Å²) < 4.78 is 46.3. The summed E-state index contributed by atoms with van der Waals surface area (Å²) in [5, 5.41) is 2.94. The minimum atomic E-state index is -0.825. The first-order valence-electron chi connectivity index (χ1n) is 13.0. The predicted molar refractivity (Wildman–Crippen MR) is 145 cm³/mol. The zero-order valence-corrected chi connectivity index (χ0v) is 22.2. The second kappa shape index (κ2) is 14.3. The molecule has 3 N–H and O–H groups in total. The summed E-state index contributed by atoms with van der Waals surface area (Å²) in [4.78, 5) is 43.6. The maximum Gasteiger partial charge on any atom is 0.410 e. The number of aliphatic imine (C=N–C) groups is 1. The van der Waals surface area contributed by atoms with Gasteiger partial charge in [0.05, 0.1) is 18.7 Å². The van der Waals surface area contributed by atoms with Crippen molar-refractivity contribution in [3.05, 3.63) is 83.5 Å². The van der Waals surface area contributed by atoms with Gasteiger partial charge in [-0.25, -0.2) is 18.0 Å². The van der Waals surface area contributed by atoms with E-state index < -0.39 is 60.3 Å². The molecule has 2 aliphatic rings. The van der Waals surface area contributed by atoms with Gasteiger partial charge in [0.1, 0.15) is 24.4 Å². The van der Waals surface area contributed by atoms with Gasteiger partial charge >= 0.3 is 6.09 Å². The summed E-state index contributed by atoms with van der Waals surface area (Å²) in [5.41, 5.74) is 6.05. The normalized spacial score (nSPS) is 21.4. The maximum absolute atomic E-state index is 14.1. The summed E-state index contributed by atoms with van der Waals surface area (Å²) in [7, 11) is 0. The Hall–Kier alpha value is -4.15. The van der Waals surface area contributed by atoms with Crippen molar-refractivity contribution in [1.82, 2.24) is 10.2 Å². The van der Waals surface area contributed by atoms with Crippen LogP contribution in [0.1, 0.15) is 25.3 Å². The van der Waals surface area contributed by atoms with Crippen LogP contribution in [0.15, 0.2) is 71.3 Å². The highest BCUT2D eigenvalue weighted by molar-refractivity contribution is 5.94. The van der Waals surface area contributed by atoms with Gasteiger partial charge in [-0.3, -0.25) is 19.5 Å². The lowest BCUT2D eigenvalue weighted by atomic mass is 9.82. The molecule has 0 radical (unpaired) electrons. The Morgan fingerprint density at radius 1 is 1.27 bits per heavy atom. The second-order valence-electron chi connectivity index (χ2n) is 9.44. The number of nitrogens with zero attached hydrogens (tertiary/aromatic N) is 2. The fourth-order valence-electron chi connectivity index (χ4n) is 4.88. The number of benzene rings is 1. The van der Waals surface area contributed by atoms with E-state index in [2.05, 4.69) is 16.9 Å². The molecule has 214 valence electrons. The van der Waals surface area contributed by atoms with Gasteiger partial charge in [-0.1, -0.05) is 24.8 Å². The molecule has 3 rings (SSSR count). The Labute approximate surface area is 231 Å². The van der Waals surface area contributed by atoms with E-state index in [1.807, 2.05) is 0 Å². The van der Waals surface area contributed by atoms with Crippen LogP contribution in [-0.4, -0.2) is 67.0 Å². The van der Waals surface area contributed by atoms with E-state index in [9.17, 15) is 27.6 Å². The van der Waals surface area contributed by atoms with E-state index >= 15 is 0 Å². The van der Waals surface area contributed by atoms with E-state index in [1.165, 1.54) is 29.3 Å². The number of primary amides is 1. The lowest BCUT2D eigenvalue weighted by Gasteiger charge is -2.34. The molecule has 1 aromatic carbocycles. The molecule has 8 nitrogen and oxygen atoms in total. The molecule has 0 bridgehead atoms. The van der Waals surface area contributed by atoms with E-state index in [0.29, 0.717) is 25.0 Å². The van der Waals surface area contributed by atoms with Crippen molar-refractivity contribution >= 4 is 24.1 Å². The number of carbonyl (C=O) groups is 3. The van der Waals surface area contributed by atoms with Crippen LogP contribution in [0.2, 0.25) is 0 Å². The monoisotopic (exact) mass is 558 g/mol. The highest BCUT2D eigenvalue weighted by Crippen LogP contribution is 2.29. The van der Waals surface area contributed by atoms with Crippen LogP contribution in [0, 0.1) is 17.6 Å². The van der Waals surface area contributed by atoms with Gasteiger partial charge in [0.25, 0.3) is 0 Å². The molecule has 4 atom stereocenters. The summed E-state index contributed by atoms with van der Waals surface area (Å²) in [6.45, 7) is 5.04. The number of likely N-dealkylation sites (tertiary alicyclic amines) is 1. The minimum absolute atomic E-state index is 0.0181. The number of halogens is 3. The van der Waals surface area contributed by atoms with Gasteiger partial charge < -0.3 is 15.8 Å². The molecule has 0 spiro atoms. The van der Waals surface area contributed by atoms with Crippen molar-refractivity contribution in [1.29, 1.82) is 0 Å². The van der Waals surface area contributed by atoms with Crippen LogP contribution in [-0.2, 0) is 20.7 Å². The first kappa shape index (κ1) is 30.4. The van der Waals surface area contributed by atoms with Crippen LogP contribution in [0.3, 0.4) is 0 Å². The first-order valence-corrected chi connectivity index (χ1v) is 13.0. The SMILES string of the molecule is C=C(C=C(C=CCF)C1C=CC=NC1C(Cc1cc(F)cc(F)c1)NC(=O)C1CCCN1C(=O)OCC)C(N)=O. The van der Waals surface area contributed by atoms with Crippen LogP contribution < -0.4 is 11.1 Å². The Balaban J connectivity index is 2.00. The number of carbonyl (C=O) groups excluding carboxylic acids is 3. The molecule has 1 aromatic rings. The number of nitrogens with one attached hydrogen (secondary N) is 1. The van der Waals surface area contributed by atoms with Crippen molar-refractivity contribution in [2.45, 2.75) is 44.3 Å². The molecule has 4 unspecified atom stereocenters. The minimum Gasteiger partial charge on any atom is -0.450 e. The molecule has 2 aliphatic heterocycles. The molecule has 0 saturated carbocycles. The largest absolute Gasteiger partial charge is 0.450 e. The summed E-state index contributed by atoms with van der Waals surface area (Å²) in [5.74, 6) is -3.40. The number of nitrogens with two attached hydrogens (primary N) is 1. The molecule has 0 aromatic heterocycles. The molecule has 3 amide bonds. The second-order valence-corrected chi connectivity index (χ2v) is 9.44. The van der Waals surface area contributed by atoms with Crippen molar-refractivity contribution < 1.29 is 32.3 Å². The third-order valence-electron chi connectivity index (χ3n) is 6.65. The molecule has 40 heavy (non-hydrogen) atoms. The van der Waals surface area contributed by atoms with Crippen molar-refractivity contribution in [2.75, 3.05) is 19.8 Å². The lowest BCUT2D eigenvalue weighted by molar-refractivity contribution is -0.126. The van der Waals surface area contributed by atoms with Crippen molar-refractivity contribution in [3.63, 3.8) is 0 Å². The summed E-state index contributed by atoms with van der Waals surface area (Å²) >= 11 is 0. The Morgan fingerprint density at radius 3 is 2.65 bits per heavy atom. The van der Waals surface area contributed by atoms with Crippen molar-refractivity contribution in [2.24, 2.45) is 16.6 Å². The molecule has 11 heteroatoms. The fourth-order valence-corrected chi connectivity index (χ4v) is 4.88. The van der Waals surface area contributed by atoms with E-state index in [-0.39, 0.29) is 24.2 Å². The average Bonchev–Trinajstić information content (AvgIpc) is 3.40. The topological polar surface area (TPSA) is 114 Å². The van der Waals surface area contributed by atoms with Crippen molar-refractivity contribution in [3.8, 4) is 0 Å². The highest BCUT2D eigenvalue weighted by atomic mass is 19.1. The van der Waals surface area contributed by atoms with E-state index in [1.54, 1.807) is 19.1 Å². The molecule has 2 heterocycles. The quantitative estimate of drug-likeness (QED) is 0.318.